The Morgan fingerprint density at radius 2 is 2.03 bits per heavy atom. The van der Waals surface area contributed by atoms with Crippen molar-refractivity contribution in [1.29, 1.82) is 5.26 Å². The molecule has 0 bridgehead atoms. The Balaban J connectivity index is 0.000000461. The van der Waals surface area contributed by atoms with E-state index < -0.39 is 0 Å². The minimum Gasteiger partial charge on any atom is -0.494 e. The molecular weight excluding hydrogens is 382 g/mol. The van der Waals surface area contributed by atoms with Gasteiger partial charge in [0.15, 0.2) is 5.88 Å². The number of ether oxygens (including phenoxy) is 1. The fourth-order valence-corrected chi connectivity index (χ4v) is 3.19. The number of carbonyl (C=O) groups excluding carboxylic acids is 1. The van der Waals surface area contributed by atoms with E-state index in [9.17, 15) is 9.90 Å². The first-order valence-electron chi connectivity index (χ1n) is 9.63. The molecule has 1 aromatic carbocycles. The quantitative estimate of drug-likeness (QED) is 0.643. The smallest absolute Gasteiger partial charge is 0.209 e. The summed E-state index contributed by atoms with van der Waals surface area (Å²) in [5.74, 6) is 0.0681. The molecule has 3 heterocycles. The zero-order valence-corrected chi connectivity index (χ0v) is 17.1. The molecule has 0 radical (unpaired) electrons. The van der Waals surface area contributed by atoms with Crippen LogP contribution >= 0.6 is 0 Å². The van der Waals surface area contributed by atoms with Gasteiger partial charge in [0.1, 0.15) is 0 Å². The number of H-pyrrole nitrogens is 1. The lowest BCUT2D eigenvalue weighted by atomic mass is 10.1. The lowest BCUT2D eigenvalue weighted by Crippen LogP contribution is -2.35. The Labute approximate surface area is 175 Å². The van der Waals surface area contributed by atoms with Crippen LogP contribution in [0.2, 0.25) is 0 Å². The van der Waals surface area contributed by atoms with Crippen LogP contribution in [0.15, 0.2) is 36.5 Å². The van der Waals surface area contributed by atoms with Crippen LogP contribution < -0.4 is 0 Å². The average Bonchev–Trinajstić information content (AvgIpc) is 3.10. The predicted octanol–water partition coefficient (Wildman–Crippen LogP) is 2.34. The van der Waals surface area contributed by atoms with E-state index in [4.69, 9.17) is 10.00 Å². The fourth-order valence-electron chi connectivity index (χ4n) is 3.19. The van der Waals surface area contributed by atoms with E-state index in [1.807, 2.05) is 18.3 Å². The van der Waals surface area contributed by atoms with Crippen molar-refractivity contribution in [3.05, 3.63) is 47.7 Å². The van der Waals surface area contributed by atoms with Gasteiger partial charge in [-0.3, -0.25) is 14.7 Å². The zero-order chi connectivity index (χ0) is 21.5. The van der Waals surface area contributed by atoms with E-state index in [-0.39, 0.29) is 5.88 Å². The van der Waals surface area contributed by atoms with Gasteiger partial charge < -0.3 is 19.7 Å². The third-order valence-corrected chi connectivity index (χ3v) is 4.71. The van der Waals surface area contributed by atoms with E-state index in [0.29, 0.717) is 16.8 Å². The van der Waals surface area contributed by atoms with Crippen LogP contribution in [0.25, 0.3) is 22.2 Å². The number of aromatic hydroxyl groups is 1. The molecule has 0 spiro atoms. The van der Waals surface area contributed by atoms with Gasteiger partial charge in [0.2, 0.25) is 6.41 Å². The molecule has 4 rings (SSSR count). The van der Waals surface area contributed by atoms with Crippen LogP contribution in [0.3, 0.4) is 0 Å². The minimum atomic E-state index is 0.0681. The number of hydrogen-bond donors (Lipinski definition) is 2. The van der Waals surface area contributed by atoms with E-state index in [0.717, 1.165) is 55.7 Å². The molecule has 0 aliphatic carbocycles. The summed E-state index contributed by atoms with van der Waals surface area (Å²) >= 11 is 0. The second-order valence-electron chi connectivity index (χ2n) is 7.23. The first-order valence-corrected chi connectivity index (χ1v) is 9.63. The van der Waals surface area contributed by atoms with Crippen LogP contribution in [-0.4, -0.2) is 71.7 Å². The summed E-state index contributed by atoms with van der Waals surface area (Å²) in [4.78, 5) is 20.7. The number of nitrogens with one attached hydrogen (secondary N) is 1. The molecule has 0 atom stereocenters. The molecule has 3 aromatic rings. The molecule has 1 fully saturated rings. The number of nitriles is 1. The summed E-state index contributed by atoms with van der Waals surface area (Å²) in [7, 11) is 3.38. The molecule has 0 unspecified atom stereocenters. The van der Waals surface area contributed by atoms with Crippen LogP contribution in [0.5, 0.6) is 5.88 Å². The van der Waals surface area contributed by atoms with E-state index in [1.165, 1.54) is 4.90 Å². The third kappa shape index (κ3) is 5.14. The zero-order valence-electron chi connectivity index (χ0n) is 17.1. The first-order chi connectivity index (χ1) is 14.5. The Morgan fingerprint density at radius 1 is 1.30 bits per heavy atom. The molecule has 1 aliphatic rings. The van der Waals surface area contributed by atoms with Gasteiger partial charge in [-0.25, -0.2) is 0 Å². The molecule has 0 saturated carbocycles. The van der Waals surface area contributed by atoms with E-state index in [1.54, 1.807) is 32.3 Å². The van der Waals surface area contributed by atoms with Gasteiger partial charge in [-0.05, 0) is 29.8 Å². The lowest BCUT2D eigenvalue weighted by molar-refractivity contribution is -0.115. The molecule has 1 aliphatic heterocycles. The molecule has 1 amide bonds. The Bertz CT molecular complexity index is 1030. The maximum atomic E-state index is 10.3. The van der Waals surface area contributed by atoms with Crippen molar-refractivity contribution in [1.82, 2.24) is 19.8 Å². The number of carbonyl (C=O) groups is 1. The molecule has 8 heteroatoms. The van der Waals surface area contributed by atoms with Crippen molar-refractivity contribution in [2.45, 2.75) is 6.54 Å². The minimum absolute atomic E-state index is 0.0681. The van der Waals surface area contributed by atoms with Gasteiger partial charge in [-0.15, -0.1) is 0 Å². The summed E-state index contributed by atoms with van der Waals surface area (Å²) in [5.41, 5.74) is 3.78. The highest BCUT2D eigenvalue weighted by Crippen LogP contribution is 2.36. The van der Waals surface area contributed by atoms with Crippen LogP contribution in [0.4, 0.5) is 0 Å². The molecule has 2 aromatic heterocycles. The van der Waals surface area contributed by atoms with Crippen molar-refractivity contribution < 1.29 is 14.6 Å². The van der Waals surface area contributed by atoms with E-state index >= 15 is 0 Å². The van der Waals surface area contributed by atoms with Crippen LogP contribution in [0.1, 0.15) is 11.1 Å². The van der Waals surface area contributed by atoms with E-state index in [2.05, 4.69) is 20.9 Å². The second kappa shape index (κ2) is 9.87. The number of aromatic amines is 1. The molecule has 30 heavy (non-hydrogen) atoms. The molecule has 1 saturated heterocycles. The van der Waals surface area contributed by atoms with Crippen molar-refractivity contribution in [3.8, 4) is 23.2 Å². The monoisotopic (exact) mass is 407 g/mol. The number of aromatic nitrogens is 2. The van der Waals surface area contributed by atoms with Gasteiger partial charge in [0, 0.05) is 50.8 Å². The van der Waals surface area contributed by atoms with Crippen LogP contribution in [0, 0.1) is 11.3 Å². The van der Waals surface area contributed by atoms with Gasteiger partial charge in [0.05, 0.1) is 36.1 Å². The highest BCUT2D eigenvalue weighted by atomic mass is 16.5. The average molecular weight is 407 g/mol. The topological polar surface area (TPSA) is 105 Å². The third-order valence-electron chi connectivity index (χ3n) is 4.71. The lowest BCUT2D eigenvalue weighted by Gasteiger charge is -2.26. The van der Waals surface area contributed by atoms with Crippen molar-refractivity contribution in [2.75, 3.05) is 40.4 Å². The largest absolute Gasteiger partial charge is 0.494 e. The Kier molecular flexibility index (Phi) is 7.01. The normalized spacial score (nSPS) is 13.9. The summed E-state index contributed by atoms with van der Waals surface area (Å²) in [5, 5.41) is 20.2. The summed E-state index contributed by atoms with van der Waals surface area (Å²) < 4.78 is 5.37. The summed E-state index contributed by atoms with van der Waals surface area (Å²) in [6.45, 7) is 4.25. The second-order valence-corrected chi connectivity index (χ2v) is 7.23. The number of nitrogens with zero attached hydrogens (tertiary/aromatic N) is 4. The molecule has 156 valence electrons. The van der Waals surface area contributed by atoms with Gasteiger partial charge in [-0.2, -0.15) is 5.26 Å². The molecule has 8 nitrogen and oxygen atoms in total. The van der Waals surface area contributed by atoms with Crippen LogP contribution in [-0.2, 0) is 16.1 Å². The highest BCUT2D eigenvalue weighted by molar-refractivity contribution is 5.98. The van der Waals surface area contributed by atoms with Gasteiger partial charge in [-0.1, -0.05) is 6.07 Å². The number of rotatable bonds is 4. The Morgan fingerprint density at radius 3 is 2.63 bits per heavy atom. The standard InChI is InChI=1S/C19H18N4O2.C3H7NO/c20-10-13-1-3-16-15(9-13)18(19(24)22-16)17-4-2-14(11-21-17)12-23-5-7-25-8-6-23;1-4(2)3-5/h1-4,9,11,22,24H,5-8,12H2;3H,1-2H3. The van der Waals surface area contributed by atoms with Crippen molar-refractivity contribution in [3.63, 3.8) is 0 Å². The number of morpholine rings is 1. The summed E-state index contributed by atoms with van der Waals surface area (Å²) in [6, 6.07) is 11.4. The highest BCUT2D eigenvalue weighted by Gasteiger charge is 2.15. The molecular formula is C22H25N5O3. The number of fused-ring (bicyclic) bond motifs is 1. The van der Waals surface area contributed by atoms with Crippen molar-refractivity contribution >= 4 is 17.3 Å². The fraction of sp³-hybridized carbons (Fsp3) is 0.318. The maximum Gasteiger partial charge on any atom is 0.209 e. The molecule has 2 N–H and O–H groups in total. The number of amides is 1. The van der Waals surface area contributed by atoms with Crippen molar-refractivity contribution in [2.24, 2.45) is 0 Å². The summed E-state index contributed by atoms with van der Waals surface area (Å²) in [6.07, 6.45) is 2.59. The number of benzene rings is 1. The van der Waals surface area contributed by atoms with Gasteiger partial charge in [0.25, 0.3) is 0 Å². The number of pyridine rings is 1. The SMILES string of the molecule is CN(C)C=O.N#Cc1ccc2[nH]c(O)c(-c3ccc(CN4CCOCC4)cn3)c2c1. The van der Waals surface area contributed by atoms with Gasteiger partial charge >= 0.3 is 0 Å². The predicted molar refractivity (Wildman–Crippen MR) is 114 cm³/mol. The first kappa shape index (κ1) is 21.3. The number of hydrogen-bond acceptors (Lipinski definition) is 6. The Hall–Kier alpha value is -3.41. The maximum absolute atomic E-state index is 10.3.